The van der Waals surface area contributed by atoms with Gasteiger partial charge in [0.1, 0.15) is 11.2 Å². The van der Waals surface area contributed by atoms with Gasteiger partial charge in [0.05, 0.1) is 22.3 Å². The first-order chi connectivity index (χ1) is 17.4. The normalized spacial score (nSPS) is 11.4. The molecule has 1 aromatic carbocycles. The highest BCUT2D eigenvalue weighted by Gasteiger charge is 2.19. The quantitative estimate of drug-likeness (QED) is 0.296. The van der Waals surface area contributed by atoms with Crippen LogP contribution in [-0.4, -0.2) is 50.0 Å². The Bertz CT molecular complexity index is 1780. The number of H-pyrrole nitrogens is 2. The first-order valence-corrected chi connectivity index (χ1v) is 12.0. The first-order valence-electron chi connectivity index (χ1n) is 11.2. The van der Waals surface area contributed by atoms with Gasteiger partial charge in [0.2, 0.25) is 0 Å². The van der Waals surface area contributed by atoms with Crippen LogP contribution >= 0.6 is 11.3 Å². The van der Waals surface area contributed by atoms with Crippen LogP contribution in [0.4, 0.5) is 10.1 Å². The van der Waals surface area contributed by atoms with Crippen molar-refractivity contribution in [3.05, 3.63) is 65.7 Å². The topological polar surface area (TPSA) is 103 Å². The number of halogens is 1. The van der Waals surface area contributed by atoms with Gasteiger partial charge in [-0.1, -0.05) is 0 Å². The zero-order valence-electron chi connectivity index (χ0n) is 19.6. The molecule has 6 aromatic rings. The number of imidazole rings is 1. The van der Waals surface area contributed by atoms with E-state index in [2.05, 4.69) is 30.1 Å². The van der Waals surface area contributed by atoms with Crippen LogP contribution in [0.15, 0.2) is 55.0 Å². The number of carbonyl (C=O) groups is 1. The maximum Gasteiger partial charge on any atom is 0.178 e. The van der Waals surface area contributed by atoms with Gasteiger partial charge in [0.15, 0.2) is 23.1 Å². The van der Waals surface area contributed by atoms with Gasteiger partial charge >= 0.3 is 0 Å². The van der Waals surface area contributed by atoms with Crippen molar-refractivity contribution in [1.29, 1.82) is 0 Å². The highest BCUT2D eigenvalue weighted by atomic mass is 32.1. The molecular formula is C26H20FN7OS. The number of hydrogen-bond acceptors (Lipinski definition) is 7. The third-order valence-corrected chi connectivity index (χ3v) is 7.25. The molecule has 8 nitrogen and oxygen atoms in total. The Labute approximate surface area is 208 Å². The highest BCUT2D eigenvalue weighted by Crippen LogP contribution is 2.36. The molecule has 2 N–H and O–H groups in total. The van der Waals surface area contributed by atoms with Gasteiger partial charge in [-0.25, -0.2) is 14.4 Å². The Kier molecular flexibility index (Phi) is 5.11. The summed E-state index contributed by atoms with van der Waals surface area (Å²) in [5, 5.41) is 7.74. The number of nitrogens with one attached hydrogen (secondary N) is 2. The molecule has 178 valence electrons. The molecule has 0 aliphatic heterocycles. The molecule has 0 amide bonds. The van der Waals surface area contributed by atoms with Crippen molar-refractivity contribution in [2.75, 3.05) is 19.0 Å². The molecule has 0 aliphatic carbocycles. The molecule has 0 aliphatic rings. The zero-order valence-corrected chi connectivity index (χ0v) is 20.4. The maximum absolute atomic E-state index is 15.1. The van der Waals surface area contributed by atoms with Gasteiger partial charge in [0, 0.05) is 47.9 Å². The number of nitrogens with zero attached hydrogens (tertiary/aromatic N) is 5. The minimum Gasteiger partial charge on any atom is -0.376 e. The van der Waals surface area contributed by atoms with Gasteiger partial charge < -0.3 is 9.88 Å². The lowest BCUT2D eigenvalue weighted by Crippen LogP contribution is -2.08. The number of anilines is 1. The minimum absolute atomic E-state index is 0.0231. The van der Waals surface area contributed by atoms with Crippen molar-refractivity contribution in [2.24, 2.45) is 0 Å². The van der Waals surface area contributed by atoms with Crippen LogP contribution in [0.2, 0.25) is 0 Å². The molecule has 0 unspecified atom stereocenters. The Morgan fingerprint density at radius 1 is 1.08 bits per heavy atom. The van der Waals surface area contributed by atoms with Crippen molar-refractivity contribution in [1.82, 2.24) is 30.1 Å². The van der Waals surface area contributed by atoms with E-state index in [1.165, 1.54) is 17.4 Å². The van der Waals surface area contributed by atoms with E-state index < -0.39 is 5.82 Å². The lowest BCUT2D eigenvalue weighted by molar-refractivity contribution is 0.102. The molecule has 0 saturated heterocycles. The summed E-state index contributed by atoms with van der Waals surface area (Å²) in [4.78, 5) is 32.0. The van der Waals surface area contributed by atoms with Gasteiger partial charge in [-0.15, -0.1) is 11.3 Å². The van der Waals surface area contributed by atoms with Crippen molar-refractivity contribution in [3.63, 3.8) is 0 Å². The molecule has 0 atom stereocenters. The van der Waals surface area contributed by atoms with E-state index in [4.69, 9.17) is 0 Å². The van der Waals surface area contributed by atoms with Crippen LogP contribution in [0.5, 0.6) is 0 Å². The summed E-state index contributed by atoms with van der Waals surface area (Å²) >= 11 is 1.42. The average Bonchev–Trinajstić information content (AvgIpc) is 3.61. The Balaban J connectivity index is 1.49. The average molecular weight is 498 g/mol. The van der Waals surface area contributed by atoms with Crippen molar-refractivity contribution < 1.29 is 9.18 Å². The number of rotatable bonds is 5. The van der Waals surface area contributed by atoms with Crippen molar-refractivity contribution in [2.45, 2.75) is 6.92 Å². The fourth-order valence-corrected chi connectivity index (χ4v) is 5.09. The molecule has 5 heterocycles. The van der Waals surface area contributed by atoms with Crippen LogP contribution < -0.4 is 4.90 Å². The predicted octanol–water partition coefficient (Wildman–Crippen LogP) is 5.70. The molecule has 0 spiro atoms. The third-order valence-electron chi connectivity index (χ3n) is 6.03. The Morgan fingerprint density at radius 3 is 2.72 bits per heavy atom. The molecule has 36 heavy (non-hydrogen) atoms. The molecule has 10 heteroatoms. The SMILES string of the molecule is CC(=O)c1ccc(-c2ccnc3nc(-c4[nH]nc5c(F)cc(-c6cncc(N(C)C)c6)cc45)[nH]c23)s1. The summed E-state index contributed by atoms with van der Waals surface area (Å²) in [5.41, 5.74) is 5.31. The molecular weight excluding hydrogens is 477 g/mol. The summed E-state index contributed by atoms with van der Waals surface area (Å²) in [6, 6.07) is 10.9. The van der Waals surface area contributed by atoms with Crippen molar-refractivity contribution in [3.8, 4) is 33.1 Å². The molecule has 0 fully saturated rings. The molecule has 0 saturated carbocycles. The fraction of sp³-hybridized carbons (Fsp3) is 0.115. The van der Waals surface area contributed by atoms with Gasteiger partial charge in [-0.2, -0.15) is 5.10 Å². The number of pyridine rings is 2. The number of thiophene rings is 1. The standard InChI is InChI=1S/C26H20FN7OS/c1-13(35)20-4-5-21(36-20)17-6-7-29-25-23(17)30-26(31-25)24-18-9-14(10-19(27)22(18)32-33-24)15-8-16(34(2)3)12-28-11-15/h4-12H,1-3H3,(H,32,33)(H,29,30,31). The molecule has 6 rings (SSSR count). The second kappa shape index (κ2) is 8.35. The molecule has 5 aromatic heterocycles. The largest absolute Gasteiger partial charge is 0.376 e. The zero-order chi connectivity index (χ0) is 25.0. The van der Waals surface area contributed by atoms with Gasteiger partial charge in [-0.05, 0) is 48.9 Å². The number of benzene rings is 1. The monoisotopic (exact) mass is 497 g/mol. The highest BCUT2D eigenvalue weighted by molar-refractivity contribution is 7.17. The van der Waals surface area contributed by atoms with Crippen LogP contribution in [0.25, 0.3) is 55.2 Å². The van der Waals surface area contributed by atoms with Gasteiger partial charge in [-0.3, -0.25) is 14.9 Å². The number of aromatic amines is 2. The lowest BCUT2D eigenvalue weighted by Gasteiger charge is -2.13. The maximum atomic E-state index is 15.1. The number of Topliss-reactive ketones (excluding diaryl/α,β-unsaturated/α-hetero) is 1. The predicted molar refractivity (Wildman–Crippen MR) is 140 cm³/mol. The van der Waals surface area contributed by atoms with E-state index in [-0.39, 0.29) is 11.3 Å². The number of carbonyl (C=O) groups excluding carboxylic acids is 1. The van der Waals surface area contributed by atoms with Gasteiger partial charge in [0.25, 0.3) is 0 Å². The fourth-order valence-electron chi connectivity index (χ4n) is 4.16. The second-order valence-electron chi connectivity index (χ2n) is 8.64. The number of ketones is 1. The third kappa shape index (κ3) is 3.62. The van der Waals surface area contributed by atoms with Crippen LogP contribution in [0, 0.1) is 5.82 Å². The van der Waals surface area contributed by atoms with E-state index in [1.807, 2.05) is 49.3 Å². The number of aromatic nitrogens is 6. The second-order valence-corrected chi connectivity index (χ2v) is 9.73. The minimum atomic E-state index is -0.439. The molecule has 0 radical (unpaired) electrons. The number of hydrogen-bond donors (Lipinski definition) is 2. The molecule has 0 bridgehead atoms. The van der Waals surface area contributed by atoms with E-state index in [0.717, 1.165) is 27.2 Å². The summed E-state index contributed by atoms with van der Waals surface area (Å²) in [6.45, 7) is 1.55. The number of fused-ring (bicyclic) bond motifs is 2. The lowest BCUT2D eigenvalue weighted by atomic mass is 10.0. The summed E-state index contributed by atoms with van der Waals surface area (Å²) in [7, 11) is 3.86. The first kappa shape index (κ1) is 22.1. The Hall–Kier alpha value is -4.44. The van der Waals surface area contributed by atoms with Crippen molar-refractivity contribution >= 4 is 44.9 Å². The summed E-state index contributed by atoms with van der Waals surface area (Å²) in [6.07, 6.45) is 5.15. The Morgan fingerprint density at radius 2 is 1.94 bits per heavy atom. The van der Waals surface area contributed by atoms with Crippen LogP contribution in [0.1, 0.15) is 16.6 Å². The van der Waals surface area contributed by atoms with E-state index in [9.17, 15) is 4.79 Å². The van der Waals surface area contributed by atoms with Crippen LogP contribution in [0.3, 0.4) is 0 Å². The van der Waals surface area contributed by atoms with E-state index >= 15 is 4.39 Å². The van der Waals surface area contributed by atoms with E-state index in [1.54, 1.807) is 25.5 Å². The summed E-state index contributed by atoms with van der Waals surface area (Å²) < 4.78 is 15.1. The van der Waals surface area contributed by atoms with E-state index in [0.29, 0.717) is 33.0 Å². The summed E-state index contributed by atoms with van der Waals surface area (Å²) in [5.74, 6) is 0.0768. The smallest absolute Gasteiger partial charge is 0.178 e. The van der Waals surface area contributed by atoms with Crippen LogP contribution in [-0.2, 0) is 0 Å².